The number of hydrogen-bond donors (Lipinski definition) is 1. The number of pyridine rings is 1. The molecule has 0 fully saturated rings. The fourth-order valence-electron chi connectivity index (χ4n) is 2.00. The second-order valence-corrected chi connectivity index (χ2v) is 8.22. The number of hydrogen-bond acceptors (Lipinski definition) is 6. The van der Waals surface area contributed by atoms with E-state index < -0.39 is 9.84 Å². The summed E-state index contributed by atoms with van der Waals surface area (Å²) in [6.45, 7) is 10.1. The number of Topliss-reactive ketones (excluding diaryl/α,β-unsaturated/α-hetero) is 1. The van der Waals surface area contributed by atoms with Crippen molar-refractivity contribution in [3.05, 3.63) is 47.5 Å². The van der Waals surface area contributed by atoms with E-state index in [1.54, 1.807) is 32.9 Å². The largest absolute Gasteiger partial charge is 0.361 e. The molecule has 0 aliphatic carbocycles. The van der Waals surface area contributed by atoms with E-state index in [1.165, 1.54) is 19.2 Å². The zero-order valence-corrected chi connectivity index (χ0v) is 17.4. The molecule has 0 aromatic carbocycles. The van der Waals surface area contributed by atoms with Crippen LogP contribution >= 0.6 is 11.6 Å². The van der Waals surface area contributed by atoms with E-state index in [2.05, 4.69) is 26.9 Å². The van der Waals surface area contributed by atoms with E-state index >= 15 is 0 Å². The highest BCUT2D eigenvalue weighted by Crippen LogP contribution is 2.10. The minimum atomic E-state index is -3.30. The Morgan fingerprint density at radius 3 is 2.44 bits per heavy atom. The van der Waals surface area contributed by atoms with E-state index in [1.807, 2.05) is 0 Å². The number of nitrogens with zero attached hydrogens (tertiary/aromatic N) is 3. The molecule has 0 spiro atoms. The third kappa shape index (κ3) is 7.07. The number of sulfone groups is 1. The smallest absolute Gasteiger partial charge is 0.194 e. The van der Waals surface area contributed by atoms with Gasteiger partial charge in [0.15, 0.2) is 21.5 Å². The molecule has 0 saturated carbocycles. The Bertz CT molecular complexity index is 901. The summed E-state index contributed by atoms with van der Waals surface area (Å²) in [6, 6.07) is 3.09. The molecule has 1 aromatic rings. The van der Waals surface area contributed by atoms with Gasteiger partial charge in [-0.05, 0) is 26.0 Å². The molecule has 1 aromatic heterocycles. The third-order valence-corrected chi connectivity index (χ3v) is 5.28. The average Bonchev–Trinajstić information content (AvgIpc) is 2.61. The lowest BCUT2D eigenvalue weighted by molar-refractivity contribution is -0.111. The lowest BCUT2D eigenvalue weighted by Crippen LogP contribution is -2.30. The molecule has 0 aliphatic heterocycles. The lowest BCUT2D eigenvalue weighted by Gasteiger charge is -2.09. The Balaban J connectivity index is 2.99. The Morgan fingerprint density at radius 1 is 1.33 bits per heavy atom. The van der Waals surface area contributed by atoms with Crippen molar-refractivity contribution in [1.82, 2.24) is 10.3 Å². The Hall–Kier alpha value is -2.32. The zero-order valence-electron chi connectivity index (χ0n) is 15.8. The van der Waals surface area contributed by atoms with E-state index in [9.17, 15) is 13.2 Å². The number of carbonyl (C=O) groups is 1. The number of carbonyl (C=O) groups excluding carboxylic acids is 1. The van der Waals surface area contributed by atoms with Gasteiger partial charge in [0, 0.05) is 13.1 Å². The van der Waals surface area contributed by atoms with Gasteiger partial charge in [0.2, 0.25) is 0 Å². The van der Waals surface area contributed by atoms with Crippen LogP contribution in [-0.2, 0) is 21.2 Å². The van der Waals surface area contributed by atoms with Crippen LogP contribution in [0.25, 0.3) is 0 Å². The lowest BCUT2D eigenvalue weighted by atomic mass is 10.2. The highest BCUT2D eigenvalue weighted by Gasteiger charge is 2.13. The summed E-state index contributed by atoms with van der Waals surface area (Å²) in [7, 11) is -3.30. The molecule has 1 heterocycles. The maximum atomic E-state index is 11.9. The van der Waals surface area contributed by atoms with Crippen LogP contribution in [0, 0.1) is 0 Å². The predicted octanol–water partition coefficient (Wildman–Crippen LogP) is 3.03. The van der Waals surface area contributed by atoms with Crippen LogP contribution in [0.4, 0.5) is 0 Å². The van der Waals surface area contributed by atoms with Gasteiger partial charge in [-0.25, -0.2) is 18.4 Å². The molecule has 1 rings (SSSR count). The van der Waals surface area contributed by atoms with Gasteiger partial charge in [-0.1, -0.05) is 31.2 Å². The van der Waals surface area contributed by atoms with Gasteiger partial charge in [-0.2, -0.15) is 0 Å². The van der Waals surface area contributed by atoms with Gasteiger partial charge in [0.05, 0.1) is 34.3 Å². The van der Waals surface area contributed by atoms with Gasteiger partial charge in [-0.3, -0.25) is 9.78 Å². The minimum absolute atomic E-state index is 0.00911. The van der Waals surface area contributed by atoms with Crippen molar-refractivity contribution >= 4 is 38.8 Å². The monoisotopic (exact) mass is 410 g/mol. The molecule has 0 unspecified atom stereocenters. The molecule has 146 valence electrons. The summed E-state index contributed by atoms with van der Waals surface area (Å²) in [5.41, 5.74) is 1.57. The molecule has 0 bridgehead atoms. The van der Waals surface area contributed by atoms with Gasteiger partial charge in [0.1, 0.15) is 5.16 Å². The van der Waals surface area contributed by atoms with Crippen LogP contribution < -0.4 is 5.32 Å². The van der Waals surface area contributed by atoms with Crippen molar-refractivity contribution in [3.63, 3.8) is 0 Å². The number of ketones is 1. The quantitative estimate of drug-likeness (QED) is 0.403. The molecule has 9 heteroatoms. The third-order valence-electron chi connectivity index (χ3n) is 3.47. The van der Waals surface area contributed by atoms with Crippen molar-refractivity contribution in [3.8, 4) is 0 Å². The number of halogens is 1. The van der Waals surface area contributed by atoms with Crippen LogP contribution in [-0.4, -0.2) is 36.5 Å². The normalized spacial score (nSPS) is 13.4. The van der Waals surface area contributed by atoms with Gasteiger partial charge in [-0.15, -0.1) is 0 Å². The highest BCUT2D eigenvalue weighted by atomic mass is 35.5. The first kappa shape index (κ1) is 22.7. The van der Waals surface area contributed by atoms with Gasteiger partial charge in [0.25, 0.3) is 0 Å². The van der Waals surface area contributed by atoms with E-state index in [0.717, 1.165) is 0 Å². The SMILES string of the molecule is C=C(Cl)\N=C(C)/C(=C\C)/N=C(/NCc1ccc(S(=O)(=O)CC)cn1)C(C)=O. The number of amidine groups is 1. The number of allylic oxidation sites excluding steroid dienone is 2. The van der Waals surface area contributed by atoms with Crippen molar-refractivity contribution in [2.45, 2.75) is 39.1 Å². The summed E-state index contributed by atoms with van der Waals surface area (Å²) in [6.07, 6.45) is 3.01. The number of aromatic nitrogens is 1. The number of aliphatic imine (C=N–C) groups is 2. The van der Waals surface area contributed by atoms with E-state index in [4.69, 9.17) is 11.6 Å². The Morgan fingerprint density at radius 2 is 2.00 bits per heavy atom. The summed E-state index contributed by atoms with van der Waals surface area (Å²) in [4.78, 5) is 24.5. The zero-order chi connectivity index (χ0) is 20.6. The maximum Gasteiger partial charge on any atom is 0.194 e. The topological polar surface area (TPSA) is 101 Å². The van der Waals surface area contributed by atoms with Crippen LogP contribution in [0.3, 0.4) is 0 Å². The molecule has 0 radical (unpaired) electrons. The summed E-state index contributed by atoms with van der Waals surface area (Å²) in [5.74, 6) is -0.128. The summed E-state index contributed by atoms with van der Waals surface area (Å²) in [5, 5.41) is 3.03. The molecule has 1 N–H and O–H groups in total. The standard InChI is InChI=1S/C18H23ClN4O3S/c1-6-17(12(3)22-14(5)19)23-18(13(4)24)21-10-15-8-9-16(11-20-15)27(25,26)7-2/h6,8-9,11H,5,7,10H2,1-4H3,(H,21,23)/b17-6+,22-12-. The van der Waals surface area contributed by atoms with Crippen LogP contribution in [0.5, 0.6) is 0 Å². The van der Waals surface area contributed by atoms with Crippen LogP contribution in [0.15, 0.2) is 56.7 Å². The van der Waals surface area contributed by atoms with Crippen molar-refractivity contribution < 1.29 is 13.2 Å². The van der Waals surface area contributed by atoms with Gasteiger partial charge < -0.3 is 5.32 Å². The van der Waals surface area contributed by atoms with E-state index in [0.29, 0.717) is 17.1 Å². The highest BCUT2D eigenvalue weighted by molar-refractivity contribution is 7.91. The second kappa shape index (κ2) is 10.1. The first-order valence-corrected chi connectivity index (χ1v) is 10.2. The first-order valence-electron chi connectivity index (χ1n) is 8.18. The van der Waals surface area contributed by atoms with Crippen molar-refractivity contribution in [2.75, 3.05) is 5.75 Å². The van der Waals surface area contributed by atoms with Gasteiger partial charge >= 0.3 is 0 Å². The maximum absolute atomic E-state index is 11.9. The molecule has 27 heavy (non-hydrogen) atoms. The second-order valence-electron chi connectivity index (χ2n) is 5.51. The fraction of sp³-hybridized carbons (Fsp3) is 0.333. The van der Waals surface area contributed by atoms with E-state index in [-0.39, 0.29) is 34.0 Å². The summed E-state index contributed by atoms with van der Waals surface area (Å²) >= 11 is 5.68. The molecular weight excluding hydrogens is 388 g/mol. The molecule has 0 atom stereocenters. The minimum Gasteiger partial charge on any atom is -0.361 e. The van der Waals surface area contributed by atoms with Crippen molar-refractivity contribution in [2.24, 2.45) is 9.98 Å². The number of nitrogens with one attached hydrogen (secondary N) is 1. The van der Waals surface area contributed by atoms with Crippen LogP contribution in [0.1, 0.15) is 33.4 Å². The number of rotatable bonds is 8. The first-order chi connectivity index (χ1) is 12.6. The van der Waals surface area contributed by atoms with Crippen molar-refractivity contribution in [1.29, 1.82) is 0 Å². The molecule has 0 amide bonds. The molecule has 0 saturated heterocycles. The van der Waals surface area contributed by atoms with Crippen LogP contribution in [0.2, 0.25) is 0 Å². The Kier molecular flexibility index (Phi) is 8.52. The Labute approximate surface area is 164 Å². The fourth-order valence-corrected chi connectivity index (χ4v) is 2.95. The summed E-state index contributed by atoms with van der Waals surface area (Å²) < 4.78 is 23.6. The molecule has 7 nitrogen and oxygen atoms in total. The predicted molar refractivity (Wildman–Crippen MR) is 109 cm³/mol. The average molecular weight is 411 g/mol. The molecular formula is C18H23ClN4O3S. The molecule has 0 aliphatic rings.